The average molecular weight is 453 g/mol. The van der Waals surface area contributed by atoms with Gasteiger partial charge in [-0.15, -0.1) is 10.2 Å². The van der Waals surface area contributed by atoms with E-state index in [1.54, 1.807) is 0 Å². The smallest absolute Gasteiger partial charge is 0.237 e. The molecule has 0 aliphatic rings. The van der Waals surface area contributed by atoms with Crippen molar-refractivity contribution < 1.29 is 4.52 Å². The molecule has 0 saturated heterocycles. The molecule has 0 bridgehead atoms. The Kier molecular flexibility index (Phi) is 5.83. The van der Waals surface area contributed by atoms with Crippen molar-refractivity contribution in [3.8, 4) is 22.6 Å². The molecule has 7 heteroatoms. The molecule has 5 nitrogen and oxygen atoms in total. The second kappa shape index (κ2) is 8.67. The molecule has 0 saturated carbocycles. The zero-order chi connectivity index (χ0) is 19.3. The van der Waals surface area contributed by atoms with Crippen molar-refractivity contribution in [2.75, 3.05) is 0 Å². The Balaban J connectivity index is 1.39. The molecule has 2 heterocycles. The highest BCUT2D eigenvalue weighted by Gasteiger charge is 2.10. The lowest BCUT2D eigenvalue weighted by molar-refractivity contribution is 0.391. The monoisotopic (exact) mass is 452 g/mol. The summed E-state index contributed by atoms with van der Waals surface area (Å²) in [6, 6.07) is 20.2. The quantitative estimate of drug-likeness (QED) is 0.343. The Morgan fingerprint density at radius 2 is 1.64 bits per heavy atom. The van der Waals surface area contributed by atoms with E-state index in [0.29, 0.717) is 17.5 Å². The minimum absolute atomic E-state index is 0.544. The van der Waals surface area contributed by atoms with Gasteiger partial charge in [0.25, 0.3) is 0 Å². The number of hydrogen-bond donors (Lipinski definition) is 0. The molecule has 140 valence electrons. The lowest BCUT2D eigenvalue weighted by Crippen LogP contribution is -1.91. The molecule has 2 aromatic carbocycles. The van der Waals surface area contributed by atoms with Gasteiger partial charge in [0.2, 0.25) is 11.7 Å². The van der Waals surface area contributed by atoms with Crippen LogP contribution in [0.15, 0.2) is 74.7 Å². The molecule has 0 atom stereocenters. The predicted molar refractivity (Wildman–Crippen MR) is 114 cm³/mol. The number of halogens is 1. The minimum atomic E-state index is 0.544. The molecule has 0 fully saturated rings. The summed E-state index contributed by atoms with van der Waals surface area (Å²) in [6.07, 6.45) is 1.03. The maximum absolute atomic E-state index is 5.34. The van der Waals surface area contributed by atoms with Gasteiger partial charge in [0.1, 0.15) is 5.03 Å². The van der Waals surface area contributed by atoms with E-state index in [4.69, 9.17) is 4.52 Å². The molecular weight excluding hydrogens is 436 g/mol. The highest BCUT2D eigenvalue weighted by molar-refractivity contribution is 9.10. The minimum Gasteiger partial charge on any atom is -0.338 e. The van der Waals surface area contributed by atoms with Crippen LogP contribution in [-0.4, -0.2) is 20.3 Å². The largest absolute Gasteiger partial charge is 0.338 e. The van der Waals surface area contributed by atoms with E-state index in [-0.39, 0.29) is 0 Å². The van der Waals surface area contributed by atoms with Gasteiger partial charge in [-0.25, -0.2) is 0 Å². The summed E-state index contributed by atoms with van der Waals surface area (Å²) in [5, 5.41) is 13.5. The van der Waals surface area contributed by atoms with Gasteiger partial charge >= 0.3 is 0 Å². The normalized spacial score (nSPS) is 10.9. The summed E-state index contributed by atoms with van der Waals surface area (Å²) in [4.78, 5) is 4.44. The number of rotatable bonds is 6. The van der Waals surface area contributed by atoms with E-state index < -0.39 is 0 Å². The Morgan fingerprint density at radius 3 is 2.32 bits per heavy atom. The van der Waals surface area contributed by atoms with E-state index in [1.165, 1.54) is 17.3 Å². The van der Waals surface area contributed by atoms with E-state index in [1.807, 2.05) is 36.4 Å². The van der Waals surface area contributed by atoms with Crippen LogP contribution < -0.4 is 0 Å². The number of thioether (sulfide) groups is 1. The van der Waals surface area contributed by atoms with Gasteiger partial charge in [-0.1, -0.05) is 64.0 Å². The van der Waals surface area contributed by atoms with Crippen molar-refractivity contribution in [3.05, 3.63) is 76.6 Å². The molecule has 0 radical (unpaired) electrons. The third-order valence-corrected chi connectivity index (χ3v) is 5.65. The van der Waals surface area contributed by atoms with Gasteiger partial charge in [0.05, 0.1) is 11.4 Å². The molecule has 0 N–H and O–H groups in total. The zero-order valence-corrected chi connectivity index (χ0v) is 17.6. The maximum Gasteiger partial charge on any atom is 0.237 e. The standard InChI is InChI=1S/C21H17BrN4OS/c1-2-14-3-5-15(6-4-14)18-11-12-20(25-24-18)28-13-19-23-21(26-27-19)16-7-9-17(22)10-8-16/h3-12H,2,13H2,1H3. The lowest BCUT2D eigenvalue weighted by atomic mass is 10.1. The third-order valence-electron chi connectivity index (χ3n) is 4.21. The summed E-state index contributed by atoms with van der Waals surface area (Å²) in [5.74, 6) is 1.69. The summed E-state index contributed by atoms with van der Waals surface area (Å²) >= 11 is 4.94. The first kappa shape index (κ1) is 18.8. The van der Waals surface area contributed by atoms with Crippen LogP contribution >= 0.6 is 27.7 Å². The Bertz CT molecular complexity index is 1050. The van der Waals surface area contributed by atoms with Crippen molar-refractivity contribution >= 4 is 27.7 Å². The van der Waals surface area contributed by atoms with E-state index in [0.717, 1.165) is 32.7 Å². The number of nitrogens with zero attached hydrogens (tertiary/aromatic N) is 4. The summed E-state index contributed by atoms with van der Waals surface area (Å²) < 4.78 is 6.36. The number of aromatic nitrogens is 4. The van der Waals surface area contributed by atoms with E-state index in [9.17, 15) is 0 Å². The predicted octanol–water partition coefficient (Wildman–Crippen LogP) is 5.81. The fourth-order valence-electron chi connectivity index (χ4n) is 2.63. The van der Waals surface area contributed by atoms with E-state index in [2.05, 4.69) is 67.5 Å². The number of aryl methyl sites for hydroxylation is 1. The van der Waals surface area contributed by atoms with Crippen LogP contribution in [0.25, 0.3) is 22.6 Å². The van der Waals surface area contributed by atoms with Crippen LogP contribution in [0.1, 0.15) is 18.4 Å². The van der Waals surface area contributed by atoms with Crippen LogP contribution in [0.3, 0.4) is 0 Å². The van der Waals surface area contributed by atoms with Gasteiger partial charge in [0.15, 0.2) is 0 Å². The topological polar surface area (TPSA) is 64.7 Å². The van der Waals surface area contributed by atoms with Gasteiger partial charge < -0.3 is 4.52 Å². The maximum atomic E-state index is 5.34. The molecule has 28 heavy (non-hydrogen) atoms. The van der Waals surface area contributed by atoms with Crippen LogP contribution in [-0.2, 0) is 12.2 Å². The molecular formula is C21H17BrN4OS. The molecule has 2 aromatic heterocycles. The fraction of sp³-hybridized carbons (Fsp3) is 0.143. The Labute approximate surface area is 175 Å². The fourth-order valence-corrected chi connectivity index (χ4v) is 3.54. The summed E-state index contributed by atoms with van der Waals surface area (Å²) in [6.45, 7) is 2.14. The first-order chi connectivity index (χ1) is 13.7. The Hall–Kier alpha value is -2.51. The Morgan fingerprint density at radius 1 is 0.893 bits per heavy atom. The van der Waals surface area contributed by atoms with E-state index >= 15 is 0 Å². The van der Waals surface area contributed by atoms with Crippen molar-refractivity contribution in [3.63, 3.8) is 0 Å². The first-order valence-electron chi connectivity index (χ1n) is 8.85. The van der Waals surface area contributed by atoms with Crippen LogP contribution in [0.4, 0.5) is 0 Å². The van der Waals surface area contributed by atoms with Crippen molar-refractivity contribution in [2.45, 2.75) is 24.1 Å². The van der Waals surface area contributed by atoms with Crippen LogP contribution in [0.5, 0.6) is 0 Å². The van der Waals surface area contributed by atoms with Gasteiger partial charge in [-0.2, -0.15) is 4.98 Å². The van der Waals surface area contributed by atoms with Crippen molar-refractivity contribution in [2.24, 2.45) is 0 Å². The van der Waals surface area contributed by atoms with Crippen LogP contribution in [0.2, 0.25) is 0 Å². The highest BCUT2D eigenvalue weighted by atomic mass is 79.9. The molecule has 0 amide bonds. The molecule has 4 rings (SSSR count). The molecule has 0 aliphatic carbocycles. The molecule has 4 aromatic rings. The number of benzene rings is 2. The van der Waals surface area contributed by atoms with Crippen molar-refractivity contribution in [1.29, 1.82) is 0 Å². The van der Waals surface area contributed by atoms with Crippen molar-refractivity contribution in [1.82, 2.24) is 20.3 Å². The molecule has 0 spiro atoms. The lowest BCUT2D eigenvalue weighted by Gasteiger charge is -2.03. The average Bonchev–Trinajstić information content (AvgIpc) is 3.22. The van der Waals surface area contributed by atoms with Gasteiger partial charge in [0, 0.05) is 15.6 Å². The highest BCUT2D eigenvalue weighted by Crippen LogP contribution is 2.24. The second-order valence-electron chi connectivity index (χ2n) is 6.11. The first-order valence-corrected chi connectivity index (χ1v) is 10.6. The summed E-state index contributed by atoms with van der Waals surface area (Å²) in [5.41, 5.74) is 4.16. The molecule has 0 aliphatic heterocycles. The number of hydrogen-bond acceptors (Lipinski definition) is 6. The van der Waals surface area contributed by atoms with Crippen LogP contribution in [0, 0.1) is 0 Å². The zero-order valence-electron chi connectivity index (χ0n) is 15.2. The summed E-state index contributed by atoms with van der Waals surface area (Å²) in [7, 11) is 0. The molecule has 0 unspecified atom stereocenters. The van der Waals surface area contributed by atoms with Gasteiger partial charge in [-0.3, -0.25) is 0 Å². The van der Waals surface area contributed by atoms with Gasteiger partial charge in [-0.05, 0) is 48.4 Å². The second-order valence-corrected chi connectivity index (χ2v) is 8.03. The SMILES string of the molecule is CCc1ccc(-c2ccc(SCc3nc(-c4ccc(Br)cc4)no3)nn2)cc1. The third kappa shape index (κ3) is 4.48.